The molecule has 1 aromatic carbocycles. The number of nitrogens with zero attached hydrogens (tertiary/aromatic N) is 1. The van der Waals surface area contributed by atoms with Gasteiger partial charge < -0.3 is 15.7 Å². The topological polar surface area (TPSA) is 67.8 Å². The van der Waals surface area contributed by atoms with Crippen LogP contribution in [0, 0.1) is 0 Å². The van der Waals surface area contributed by atoms with Gasteiger partial charge in [0.1, 0.15) is 5.75 Å². The summed E-state index contributed by atoms with van der Waals surface area (Å²) in [5.41, 5.74) is 5.59. The van der Waals surface area contributed by atoms with Crippen LogP contribution >= 0.6 is 11.8 Å². The molecule has 0 aromatic heterocycles. The van der Waals surface area contributed by atoms with Crippen LogP contribution in [0.25, 0.3) is 0 Å². The van der Waals surface area contributed by atoms with Crippen molar-refractivity contribution in [2.75, 3.05) is 7.11 Å². The molecule has 0 bridgehead atoms. The summed E-state index contributed by atoms with van der Waals surface area (Å²) < 4.78 is 5.07. The molecule has 0 saturated carbocycles. The molecule has 0 fully saturated rings. The first-order chi connectivity index (χ1) is 7.71. The molecule has 0 aliphatic carbocycles. The summed E-state index contributed by atoms with van der Waals surface area (Å²) in [6.45, 7) is 2.00. The van der Waals surface area contributed by atoms with Crippen LogP contribution < -0.4 is 10.5 Å². The van der Waals surface area contributed by atoms with Crippen molar-refractivity contribution in [3.05, 3.63) is 24.3 Å². The summed E-state index contributed by atoms with van der Waals surface area (Å²) in [6.07, 6.45) is 0.812. The smallest absolute Gasteiger partial charge is 0.152 e. The minimum absolute atomic E-state index is 0.00149. The van der Waals surface area contributed by atoms with E-state index in [1.807, 2.05) is 31.2 Å². The van der Waals surface area contributed by atoms with Crippen LogP contribution in [0.5, 0.6) is 5.75 Å². The highest BCUT2D eigenvalue weighted by Crippen LogP contribution is 2.27. The Labute approximate surface area is 99.5 Å². The van der Waals surface area contributed by atoms with E-state index in [2.05, 4.69) is 5.16 Å². The van der Waals surface area contributed by atoms with E-state index < -0.39 is 0 Å². The standard InChI is InChI=1S/C11H16N2O2S/c1-3-10(11(12)13-14)16-9-6-4-8(15-2)5-7-9/h4-7,10,14H,3H2,1-2H3,(H2,12,13). The summed E-state index contributed by atoms with van der Waals surface area (Å²) in [5.74, 6) is 1.07. The fraction of sp³-hybridized carbons (Fsp3) is 0.364. The number of benzene rings is 1. The zero-order valence-electron chi connectivity index (χ0n) is 9.38. The van der Waals surface area contributed by atoms with Gasteiger partial charge in [-0.1, -0.05) is 12.1 Å². The van der Waals surface area contributed by atoms with Gasteiger partial charge in [-0.25, -0.2) is 0 Å². The maximum absolute atomic E-state index is 8.63. The first kappa shape index (κ1) is 12.7. The molecular formula is C11H16N2O2S. The second kappa shape index (κ2) is 6.27. The third kappa shape index (κ3) is 3.34. The predicted molar refractivity (Wildman–Crippen MR) is 66.3 cm³/mol. The maximum atomic E-state index is 8.63. The zero-order chi connectivity index (χ0) is 12.0. The van der Waals surface area contributed by atoms with E-state index in [-0.39, 0.29) is 11.1 Å². The highest BCUT2D eigenvalue weighted by Gasteiger charge is 2.13. The lowest BCUT2D eigenvalue weighted by atomic mass is 10.3. The van der Waals surface area contributed by atoms with Crippen LogP contribution in [0.4, 0.5) is 0 Å². The Morgan fingerprint density at radius 2 is 2.12 bits per heavy atom. The Hall–Kier alpha value is -1.36. The largest absolute Gasteiger partial charge is 0.497 e. The van der Waals surface area contributed by atoms with Gasteiger partial charge in [0.15, 0.2) is 5.84 Å². The minimum atomic E-state index is -0.00149. The highest BCUT2D eigenvalue weighted by molar-refractivity contribution is 8.00. The van der Waals surface area contributed by atoms with E-state index >= 15 is 0 Å². The molecule has 0 amide bonds. The lowest BCUT2D eigenvalue weighted by Gasteiger charge is -2.12. The number of methoxy groups -OCH3 is 1. The number of rotatable bonds is 5. The number of oxime groups is 1. The van der Waals surface area contributed by atoms with Crippen molar-refractivity contribution in [2.45, 2.75) is 23.5 Å². The van der Waals surface area contributed by atoms with Crippen molar-refractivity contribution in [1.29, 1.82) is 0 Å². The van der Waals surface area contributed by atoms with Crippen LogP contribution in [0.2, 0.25) is 0 Å². The van der Waals surface area contributed by atoms with Gasteiger partial charge in [0.2, 0.25) is 0 Å². The van der Waals surface area contributed by atoms with E-state index in [0.717, 1.165) is 17.1 Å². The van der Waals surface area contributed by atoms with Crippen LogP contribution in [0.3, 0.4) is 0 Å². The Balaban J connectivity index is 2.70. The fourth-order valence-corrected chi connectivity index (χ4v) is 2.19. The molecule has 16 heavy (non-hydrogen) atoms. The molecule has 5 heteroatoms. The molecule has 0 aliphatic rings. The van der Waals surface area contributed by atoms with Gasteiger partial charge in [-0.15, -0.1) is 11.8 Å². The van der Waals surface area contributed by atoms with E-state index in [0.29, 0.717) is 0 Å². The van der Waals surface area contributed by atoms with Gasteiger partial charge in [0.05, 0.1) is 12.4 Å². The fourth-order valence-electron chi connectivity index (χ4n) is 1.24. The summed E-state index contributed by atoms with van der Waals surface area (Å²) in [6, 6.07) is 7.69. The summed E-state index contributed by atoms with van der Waals surface area (Å²) in [5, 5.41) is 11.7. The molecule has 3 N–H and O–H groups in total. The van der Waals surface area contributed by atoms with Gasteiger partial charge in [-0.2, -0.15) is 0 Å². The lowest BCUT2D eigenvalue weighted by molar-refractivity contribution is 0.317. The average Bonchev–Trinajstić information content (AvgIpc) is 2.35. The Kier molecular flexibility index (Phi) is 4.98. The normalized spacial score (nSPS) is 13.5. The van der Waals surface area contributed by atoms with Gasteiger partial charge in [-0.05, 0) is 30.7 Å². The molecule has 1 aromatic rings. The van der Waals surface area contributed by atoms with Gasteiger partial charge in [0, 0.05) is 4.90 Å². The summed E-state index contributed by atoms with van der Waals surface area (Å²) >= 11 is 1.57. The van der Waals surface area contributed by atoms with Crippen LogP contribution in [-0.2, 0) is 0 Å². The van der Waals surface area contributed by atoms with E-state index in [1.54, 1.807) is 18.9 Å². The second-order valence-electron chi connectivity index (χ2n) is 3.22. The lowest BCUT2D eigenvalue weighted by Crippen LogP contribution is -2.25. The molecule has 1 unspecified atom stereocenters. The molecule has 88 valence electrons. The molecule has 0 radical (unpaired) electrons. The zero-order valence-corrected chi connectivity index (χ0v) is 10.2. The molecule has 0 heterocycles. The molecular weight excluding hydrogens is 224 g/mol. The van der Waals surface area contributed by atoms with Gasteiger partial charge in [-0.3, -0.25) is 0 Å². The quantitative estimate of drug-likeness (QED) is 0.272. The van der Waals surface area contributed by atoms with Crippen molar-refractivity contribution < 1.29 is 9.94 Å². The highest BCUT2D eigenvalue weighted by atomic mass is 32.2. The Bertz CT molecular complexity index is 352. The Morgan fingerprint density at radius 1 is 1.50 bits per heavy atom. The number of thioether (sulfide) groups is 1. The molecule has 0 saturated heterocycles. The minimum Gasteiger partial charge on any atom is -0.497 e. The molecule has 1 atom stereocenters. The molecule has 0 spiro atoms. The monoisotopic (exact) mass is 240 g/mol. The van der Waals surface area contributed by atoms with E-state index in [9.17, 15) is 0 Å². The van der Waals surface area contributed by atoms with Gasteiger partial charge >= 0.3 is 0 Å². The number of hydrogen-bond acceptors (Lipinski definition) is 4. The van der Waals surface area contributed by atoms with E-state index in [1.165, 1.54) is 0 Å². The first-order valence-electron chi connectivity index (χ1n) is 4.99. The molecule has 4 nitrogen and oxygen atoms in total. The number of amidine groups is 1. The van der Waals surface area contributed by atoms with Crippen molar-refractivity contribution in [3.8, 4) is 5.75 Å². The summed E-state index contributed by atoms with van der Waals surface area (Å²) in [4.78, 5) is 1.07. The SMILES string of the molecule is CCC(Sc1ccc(OC)cc1)C(N)=NO. The van der Waals surface area contributed by atoms with Crippen LogP contribution in [-0.4, -0.2) is 23.4 Å². The Morgan fingerprint density at radius 3 is 2.56 bits per heavy atom. The van der Waals surface area contributed by atoms with E-state index in [4.69, 9.17) is 15.7 Å². The van der Waals surface area contributed by atoms with Gasteiger partial charge in [0.25, 0.3) is 0 Å². The summed E-state index contributed by atoms with van der Waals surface area (Å²) in [7, 11) is 1.63. The van der Waals surface area contributed by atoms with Crippen LogP contribution in [0.15, 0.2) is 34.3 Å². The number of nitrogens with two attached hydrogens (primary N) is 1. The van der Waals surface area contributed by atoms with Crippen LogP contribution in [0.1, 0.15) is 13.3 Å². The van der Waals surface area contributed by atoms with Crippen molar-refractivity contribution in [3.63, 3.8) is 0 Å². The van der Waals surface area contributed by atoms with Crippen molar-refractivity contribution >= 4 is 17.6 Å². The average molecular weight is 240 g/mol. The second-order valence-corrected chi connectivity index (χ2v) is 4.49. The third-order valence-electron chi connectivity index (χ3n) is 2.15. The molecule has 0 aliphatic heterocycles. The predicted octanol–water partition coefficient (Wildman–Crippen LogP) is 2.31. The van der Waals surface area contributed by atoms with Crippen molar-refractivity contribution in [2.24, 2.45) is 10.9 Å². The molecule has 1 rings (SSSR count). The third-order valence-corrected chi connectivity index (χ3v) is 3.56. The number of hydrogen-bond donors (Lipinski definition) is 2. The van der Waals surface area contributed by atoms with Crippen molar-refractivity contribution in [1.82, 2.24) is 0 Å². The number of ether oxygens (including phenoxy) is 1. The maximum Gasteiger partial charge on any atom is 0.152 e. The first-order valence-corrected chi connectivity index (χ1v) is 5.87.